The summed E-state index contributed by atoms with van der Waals surface area (Å²) in [4.78, 5) is 29.7. The zero-order valence-corrected chi connectivity index (χ0v) is 18.1. The van der Waals surface area contributed by atoms with Gasteiger partial charge in [0, 0.05) is 21.2 Å². The quantitative estimate of drug-likeness (QED) is 0.542. The van der Waals surface area contributed by atoms with Gasteiger partial charge < -0.3 is 11.1 Å². The summed E-state index contributed by atoms with van der Waals surface area (Å²) in [5.74, 6) is -0.257. The van der Waals surface area contributed by atoms with Crippen LogP contribution in [-0.4, -0.2) is 35.6 Å². The summed E-state index contributed by atoms with van der Waals surface area (Å²) in [7, 11) is 0. The van der Waals surface area contributed by atoms with E-state index in [4.69, 9.17) is 5.73 Å². The van der Waals surface area contributed by atoms with E-state index in [0.29, 0.717) is 12.2 Å². The van der Waals surface area contributed by atoms with E-state index in [0.717, 1.165) is 17.9 Å². The number of amides is 2. The largest absolute Gasteiger partial charge is 0.369 e. The Kier molecular flexibility index (Phi) is 6.34. The lowest BCUT2D eigenvalue weighted by molar-refractivity contribution is -0.118. The predicted molar refractivity (Wildman–Crippen MR) is 121 cm³/mol. The second-order valence-electron chi connectivity index (χ2n) is 6.74. The van der Waals surface area contributed by atoms with Gasteiger partial charge in [0.05, 0.1) is 24.0 Å². The van der Waals surface area contributed by atoms with Crippen molar-refractivity contribution in [2.75, 3.05) is 24.2 Å². The van der Waals surface area contributed by atoms with E-state index in [1.807, 2.05) is 24.3 Å². The molecule has 1 atom stereocenters. The van der Waals surface area contributed by atoms with Crippen molar-refractivity contribution < 1.29 is 9.59 Å². The Hall–Kier alpha value is -2.13. The van der Waals surface area contributed by atoms with E-state index in [-0.39, 0.29) is 23.6 Å². The molecule has 0 radical (unpaired) electrons. The van der Waals surface area contributed by atoms with E-state index in [9.17, 15) is 9.59 Å². The molecule has 0 fully saturated rings. The zero-order chi connectivity index (χ0) is 20.2. The molecule has 8 heteroatoms. The molecule has 3 N–H and O–H groups in total. The number of primary amides is 1. The Morgan fingerprint density at radius 1 is 1.14 bits per heavy atom. The van der Waals surface area contributed by atoms with E-state index >= 15 is 0 Å². The van der Waals surface area contributed by atoms with Crippen LogP contribution in [0.5, 0.6) is 0 Å². The number of thioether (sulfide) groups is 1. The van der Waals surface area contributed by atoms with Gasteiger partial charge in [0.1, 0.15) is 0 Å². The first-order chi connectivity index (χ1) is 14.1. The van der Waals surface area contributed by atoms with Crippen molar-refractivity contribution >= 4 is 51.9 Å². The fourth-order valence-corrected chi connectivity index (χ4v) is 6.06. The standard InChI is InChI=1S/C21H21N3O2S3/c22-19(25)13-29-17-5-2-1-4-15(17)23-20(26)12-24-9-7-16-14(8-11-28-16)21(24)18-6-3-10-27-18/h1-6,8,10-11,21H,7,9,12-13H2,(H2,22,25)(H,23,26)/t21-/m0/s1. The van der Waals surface area contributed by atoms with Gasteiger partial charge in [-0.05, 0) is 47.0 Å². The first kappa shape index (κ1) is 20.2. The molecular weight excluding hydrogens is 422 g/mol. The normalized spacial score (nSPS) is 16.3. The number of hydrogen-bond acceptors (Lipinski definition) is 6. The Bertz CT molecular complexity index is 1000. The molecule has 1 aliphatic rings. The fourth-order valence-electron chi connectivity index (χ4n) is 3.54. The highest BCUT2D eigenvalue weighted by Gasteiger charge is 2.31. The van der Waals surface area contributed by atoms with Crippen LogP contribution in [-0.2, 0) is 16.0 Å². The second-order valence-corrected chi connectivity index (χ2v) is 9.73. The number of anilines is 1. The van der Waals surface area contributed by atoms with Gasteiger partial charge in [-0.2, -0.15) is 0 Å². The van der Waals surface area contributed by atoms with Gasteiger partial charge in [-0.3, -0.25) is 14.5 Å². The number of carbonyl (C=O) groups excluding carboxylic acids is 2. The molecule has 0 saturated carbocycles. The van der Waals surface area contributed by atoms with E-state index in [2.05, 4.69) is 39.2 Å². The Labute approximate surface area is 181 Å². The minimum atomic E-state index is -0.380. The summed E-state index contributed by atoms with van der Waals surface area (Å²) in [5, 5.41) is 7.24. The minimum absolute atomic E-state index is 0.0580. The Morgan fingerprint density at radius 3 is 2.79 bits per heavy atom. The summed E-state index contributed by atoms with van der Waals surface area (Å²) in [5.41, 5.74) is 7.28. The van der Waals surface area contributed by atoms with Crippen molar-refractivity contribution in [2.24, 2.45) is 5.73 Å². The van der Waals surface area contributed by atoms with E-state index in [1.54, 1.807) is 22.7 Å². The minimum Gasteiger partial charge on any atom is -0.369 e. The maximum atomic E-state index is 12.9. The van der Waals surface area contributed by atoms with Crippen LogP contribution in [0, 0.1) is 0 Å². The third-order valence-corrected chi connectivity index (χ3v) is 7.77. The summed E-state index contributed by atoms with van der Waals surface area (Å²) in [6.07, 6.45) is 0.965. The lowest BCUT2D eigenvalue weighted by Crippen LogP contribution is -2.40. The highest BCUT2D eigenvalue weighted by Crippen LogP contribution is 2.39. The second kappa shape index (κ2) is 9.13. The molecule has 1 aliphatic heterocycles. The van der Waals surface area contributed by atoms with Crippen molar-refractivity contribution in [1.82, 2.24) is 4.90 Å². The average molecular weight is 444 g/mol. The molecule has 2 amide bonds. The molecule has 2 aromatic heterocycles. The molecule has 4 rings (SSSR count). The van der Waals surface area contributed by atoms with Crippen LogP contribution in [0.1, 0.15) is 21.4 Å². The molecule has 29 heavy (non-hydrogen) atoms. The highest BCUT2D eigenvalue weighted by atomic mass is 32.2. The number of nitrogens with one attached hydrogen (secondary N) is 1. The van der Waals surface area contributed by atoms with Crippen LogP contribution in [0.15, 0.2) is 58.1 Å². The smallest absolute Gasteiger partial charge is 0.238 e. The van der Waals surface area contributed by atoms with Gasteiger partial charge in [0.15, 0.2) is 0 Å². The number of nitrogens with zero attached hydrogens (tertiary/aromatic N) is 1. The average Bonchev–Trinajstić information content (AvgIpc) is 3.39. The molecule has 3 heterocycles. The third kappa shape index (κ3) is 4.72. The molecule has 0 spiro atoms. The molecule has 0 saturated heterocycles. The summed E-state index contributed by atoms with van der Waals surface area (Å²) >= 11 is 4.86. The summed E-state index contributed by atoms with van der Waals surface area (Å²) < 4.78 is 0. The van der Waals surface area contributed by atoms with Crippen molar-refractivity contribution in [3.05, 3.63) is 68.5 Å². The molecule has 3 aromatic rings. The number of nitrogens with two attached hydrogens (primary N) is 1. The molecule has 150 valence electrons. The maximum absolute atomic E-state index is 12.9. The topological polar surface area (TPSA) is 75.4 Å². The first-order valence-corrected chi connectivity index (χ1v) is 12.0. The molecular formula is C21H21N3O2S3. The highest BCUT2D eigenvalue weighted by molar-refractivity contribution is 8.00. The van der Waals surface area contributed by atoms with Crippen LogP contribution in [0.25, 0.3) is 0 Å². The number of thiophene rings is 2. The predicted octanol–water partition coefficient (Wildman–Crippen LogP) is 3.97. The van der Waals surface area contributed by atoms with Gasteiger partial charge in [-0.1, -0.05) is 18.2 Å². The first-order valence-electron chi connectivity index (χ1n) is 9.25. The maximum Gasteiger partial charge on any atom is 0.238 e. The van der Waals surface area contributed by atoms with Gasteiger partial charge in [0.25, 0.3) is 0 Å². The number of para-hydroxylation sites is 1. The van der Waals surface area contributed by atoms with Crippen molar-refractivity contribution in [3.8, 4) is 0 Å². The third-order valence-electron chi connectivity index (χ3n) is 4.76. The summed E-state index contributed by atoms with van der Waals surface area (Å²) in [6.45, 7) is 1.16. The Balaban J connectivity index is 1.49. The van der Waals surface area contributed by atoms with Crippen molar-refractivity contribution in [3.63, 3.8) is 0 Å². The van der Waals surface area contributed by atoms with Gasteiger partial charge in [-0.25, -0.2) is 0 Å². The number of fused-ring (bicyclic) bond motifs is 1. The molecule has 0 aliphatic carbocycles. The zero-order valence-electron chi connectivity index (χ0n) is 15.7. The summed E-state index contributed by atoms with van der Waals surface area (Å²) in [6, 6.07) is 14.0. The van der Waals surface area contributed by atoms with Gasteiger partial charge in [-0.15, -0.1) is 34.4 Å². The monoisotopic (exact) mass is 443 g/mol. The molecule has 5 nitrogen and oxygen atoms in total. The van der Waals surface area contributed by atoms with Crippen molar-refractivity contribution in [2.45, 2.75) is 17.4 Å². The van der Waals surface area contributed by atoms with Crippen LogP contribution < -0.4 is 11.1 Å². The number of rotatable bonds is 7. The van der Waals surface area contributed by atoms with Crippen LogP contribution in [0.2, 0.25) is 0 Å². The van der Waals surface area contributed by atoms with E-state index in [1.165, 1.54) is 27.1 Å². The molecule has 0 bridgehead atoms. The van der Waals surface area contributed by atoms with Gasteiger partial charge in [0.2, 0.25) is 11.8 Å². The lowest BCUT2D eigenvalue weighted by Gasteiger charge is -2.34. The fraction of sp³-hybridized carbons (Fsp3) is 0.238. The Morgan fingerprint density at radius 2 is 2.00 bits per heavy atom. The van der Waals surface area contributed by atoms with Crippen molar-refractivity contribution in [1.29, 1.82) is 0 Å². The van der Waals surface area contributed by atoms with Crippen LogP contribution >= 0.6 is 34.4 Å². The molecule has 0 unspecified atom stereocenters. The van der Waals surface area contributed by atoms with Crippen LogP contribution in [0.3, 0.4) is 0 Å². The van der Waals surface area contributed by atoms with Crippen LogP contribution in [0.4, 0.5) is 5.69 Å². The number of benzene rings is 1. The van der Waals surface area contributed by atoms with E-state index < -0.39 is 0 Å². The van der Waals surface area contributed by atoms with Gasteiger partial charge >= 0.3 is 0 Å². The number of carbonyl (C=O) groups is 2. The number of hydrogen-bond donors (Lipinski definition) is 2. The molecule has 1 aromatic carbocycles. The SMILES string of the molecule is NC(=O)CSc1ccccc1NC(=O)CN1CCc2sccc2[C@H]1c1cccs1. The lowest BCUT2D eigenvalue weighted by atomic mass is 9.98.